The number of sulfonamides is 1. The number of hydrogen-bond acceptors (Lipinski definition) is 5. The van der Waals surface area contributed by atoms with Crippen molar-refractivity contribution in [1.82, 2.24) is 14.2 Å². The summed E-state index contributed by atoms with van der Waals surface area (Å²) in [6, 6.07) is 8.86. The van der Waals surface area contributed by atoms with E-state index in [1.807, 2.05) is 0 Å². The van der Waals surface area contributed by atoms with Gasteiger partial charge in [-0.25, -0.2) is 17.8 Å². The number of rotatable bonds is 4. The van der Waals surface area contributed by atoms with Gasteiger partial charge in [0.2, 0.25) is 10.0 Å². The van der Waals surface area contributed by atoms with Crippen molar-refractivity contribution in [3.63, 3.8) is 0 Å². The average Bonchev–Trinajstić information content (AvgIpc) is 3.28. The number of piperazine rings is 1. The van der Waals surface area contributed by atoms with Crippen molar-refractivity contribution < 1.29 is 17.6 Å². The number of hydrogen-bond donors (Lipinski definition) is 0. The van der Waals surface area contributed by atoms with E-state index in [-0.39, 0.29) is 37.0 Å². The molecule has 0 unspecified atom stereocenters. The Balaban J connectivity index is 1.48. The summed E-state index contributed by atoms with van der Waals surface area (Å²) < 4.78 is 40.7. The number of halogens is 1. The zero-order valence-electron chi connectivity index (χ0n) is 16.0. The van der Waals surface area contributed by atoms with Crippen LogP contribution in [0.2, 0.25) is 0 Å². The van der Waals surface area contributed by atoms with Crippen molar-refractivity contribution in [2.75, 3.05) is 44.2 Å². The van der Waals surface area contributed by atoms with E-state index in [0.29, 0.717) is 11.4 Å². The van der Waals surface area contributed by atoms with Crippen LogP contribution < -0.4 is 4.90 Å². The van der Waals surface area contributed by atoms with Crippen LogP contribution in [0.15, 0.2) is 47.5 Å². The monoisotopic (exact) mass is 418 g/mol. The molecule has 4 rings (SSSR count). The Hall–Kier alpha value is -2.52. The molecule has 2 aromatic rings. The van der Waals surface area contributed by atoms with Gasteiger partial charge in [0, 0.05) is 45.5 Å². The first-order chi connectivity index (χ1) is 14.0. The molecule has 0 N–H and O–H groups in total. The van der Waals surface area contributed by atoms with E-state index in [9.17, 15) is 17.6 Å². The summed E-state index contributed by atoms with van der Waals surface area (Å²) in [6.07, 6.45) is 3.84. The molecule has 29 heavy (non-hydrogen) atoms. The lowest BCUT2D eigenvalue weighted by Gasteiger charge is -2.34. The molecule has 0 saturated carbocycles. The van der Waals surface area contributed by atoms with Crippen molar-refractivity contribution >= 4 is 21.7 Å². The predicted octanol–water partition coefficient (Wildman–Crippen LogP) is 1.97. The van der Waals surface area contributed by atoms with Gasteiger partial charge in [-0.1, -0.05) is 12.1 Å². The van der Waals surface area contributed by atoms with Gasteiger partial charge in [-0.3, -0.25) is 4.79 Å². The lowest BCUT2D eigenvalue weighted by atomic mass is 10.2. The number of nitrogens with zero attached hydrogens (tertiary/aromatic N) is 4. The van der Waals surface area contributed by atoms with Crippen LogP contribution in [0.5, 0.6) is 0 Å². The van der Waals surface area contributed by atoms with E-state index < -0.39 is 15.8 Å². The van der Waals surface area contributed by atoms with Crippen molar-refractivity contribution in [3.05, 3.63) is 54.0 Å². The smallest absolute Gasteiger partial charge is 0.257 e. The summed E-state index contributed by atoms with van der Waals surface area (Å²) in [5.41, 5.74) is 0.541. The Bertz CT molecular complexity index is 1000. The molecular weight excluding hydrogens is 395 g/mol. The zero-order valence-corrected chi connectivity index (χ0v) is 16.8. The Morgan fingerprint density at radius 3 is 2.31 bits per heavy atom. The van der Waals surface area contributed by atoms with E-state index >= 15 is 0 Å². The lowest BCUT2D eigenvalue weighted by Crippen LogP contribution is -2.50. The van der Waals surface area contributed by atoms with Crippen LogP contribution in [0, 0.1) is 5.82 Å². The minimum atomic E-state index is -3.93. The fourth-order valence-corrected chi connectivity index (χ4v) is 5.33. The van der Waals surface area contributed by atoms with Crippen LogP contribution in [0.25, 0.3) is 0 Å². The summed E-state index contributed by atoms with van der Waals surface area (Å²) in [7, 11) is -3.93. The average molecular weight is 418 g/mol. The van der Waals surface area contributed by atoms with E-state index in [4.69, 9.17) is 0 Å². The Morgan fingerprint density at radius 1 is 0.931 bits per heavy atom. The van der Waals surface area contributed by atoms with E-state index in [0.717, 1.165) is 32.0 Å². The highest BCUT2D eigenvalue weighted by Gasteiger charge is 2.33. The van der Waals surface area contributed by atoms with Crippen molar-refractivity contribution in [1.29, 1.82) is 0 Å². The highest BCUT2D eigenvalue weighted by Crippen LogP contribution is 2.25. The molecule has 154 valence electrons. The molecule has 2 fully saturated rings. The molecular formula is C20H23FN4O3S. The third-order valence-electron chi connectivity index (χ3n) is 5.40. The largest absolute Gasteiger partial charge is 0.356 e. The molecule has 0 bridgehead atoms. The fraction of sp³-hybridized carbons (Fsp3) is 0.400. The molecule has 2 aliphatic heterocycles. The molecule has 0 spiro atoms. The van der Waals surface area contributed by atoms with Gasteiger partial charge < -0.3 is 9.80 Å². The minimum absolute atomic E-state index is 0.127. The topological polar surface area (TPSA) is 73.8 Å². The highest BCUT2D eigenvalue weighted by molar-refractivity contribution is 7.89. The molecule has 1 amide bonds. The van der Waals surface area contributed by atoms with Crippen LogP contribution in [-0.4, -0.2) is 67.8 Å². The number of anilines is 1. The lowest BCUT2D eigenvalue weighted by molar-refractivity contribution is 0.0698. The number of carbonyl (C=O) groups excluding carboxylic acids is 1. The van der Waals surface area contributed by atoms with Crippen molar-refractivity contribution in [2.45, 2.75) is 17.7 Å². The maximum Gasteiger partial charge on any atom is 0.257 e. The number of pyridine rings is 1. The molecule has 3 heterocycles. The quantitative estimate of drug-likeness (QED) is 0.759. The summed E-state index contributed by atoms with van der Waals surface area (Å²) in [5.74, 6) is -0.226. The second-order valence-electron chi connectivity index (χ2n) is 7.20. The minimum Gasteiger partial charge on any atom is -0.356 e. The molecule has 7 nitrogen and oxygen atoms in total. The van der Waals surface area contributed by atoms with Crippen LogP contribution in [0.4, 0.5) is 10.2 Å². The third-order valence-corrected chi connectivity index (χ3v) is 7.33. The Kier molecular flexibility index (Phi) is 5.51. The van der Waals surface area contributed by atoms with Crippen molar-refractivity contribution in [3.8, 4) is 0 Å². The molecule has 0 atom stereocenters. The maximum atomic E-state index is 14.0. The molecule has 2 aliphatic rings. The molecule has 1 aromatic heterocycles. The van der Waals surface area contributed by atoms with Gasteiger partial charge in [-0.2, -0.15) is 4.31 Å². The van der Waals surface area contributed by atoms with E-state index in [1.165, 1.54) is 22.5 Å². The van der Waals surface area contributed by atoms with Gasteiger partial charge in [0.15, 0.2) is 0 Å². The maximum absolute atomic E-state index is 14.0. The Labute approximate surface area is 169 Å². The van der Waals surface area contributed by atoms with Gasteiger partial charge >= 0.3 is 0 Å². The second-order valence-corrected chi connectivity index (χ2v) is 9.10. The normalized spacial score (nSPS) is 18.2. The standard InChI is InChI=1S/C20H23FN4O3S/c21-17-7-1-2-8-18(17)29(27,28)25-14-12-24(13-15-25)20(26)16-6-5-9-22-19(16)23-10-3-4-11-23/h1-2,5-9H,3-4,10-15H2. The summed E-state index contributed by atoms with van der Waals surface area (Å²) in [6.45, 7) is 2.52. The highest BCUT2D eigenvalue weighted by atomic mass is 32.2. The van der Waals surface area contributed by atoms with Crippen LogP contribution in [0.1, 0.15) is 23.2 Å². The Morgan fingerprint density at radius 2 is 1.62 bits per heavy atom. The predicted molar refractivity (Wildman–Crippen MR) is 107 cm³/mol. The van der Waals surface area contributed by atoms with E-state index in [1.54, 1.807) is 23.2 Å². The molecule has 0 aliphatic carbocycles. The molecule has 2 saturated heterocycles. The molecule has 1 aromatic carbocycles. The first-order valence-corrected chi connectivity index (χ1v) is 11.2. The first kappa shape index (κ1) is 19.8. The number of amides is 1. The van der Waals surface area contributed by atoms with E-state index in [2.05, 4.69) is 9.88 Å². The van der Waals surface area contributed by atoms with Crippen LogP contribution >= 0.6 is 0 Å². The summed E-state index contributed by atoms with van der Waals surface area (Å²) in [4.78, 5) is 20.9. The zero-order chi connectivity index (χ0) is 20.4. The van der Waals surface area contributed by atoms with Gasteiger partial charge in [-0.15, -0.1) is 0 Å². The van der Waals surface area contributed by atoms with Gasteiger partial charge in [0.1, 0.15) is 16.5 Å². The fourth-order valence-electron chi connectivity index (χ4n) is 3.84. The number of carbonyl (C=O) groups is 1. The van der Waals surface area contributed by atoms with Gasteiger partial charge in [-0.05, 0) is 37.1 Å². The summed E-state index contributed by atoms with van der Waals surface area (Å²) >= 11 is 0. The van der Waals surface area contributed by atoms with Crippen LogP contribution in [0.3, 0.4) is 0 Å². The van der Waals surface area contributed by atoms with Gasteiger partial charge in [0.25, 0.3) is 5.91 Å². The third kappa shape index (κ3) is 3.84. The molecule has 9 heteroatoms. The summed E-state index contributed by atoms with van der Waals surface area (Å²) in [5, 5.41) is 0. The number of aromatic nitrogens is 1. The molecule has 0 radical (unpaired) electrons. The van der Waals surface area contributed by atoms with Gasteiger partial charge in [0.05, 0.1) is 5.56 Å². The first-order valence-electron chi connectivity index (χ1n) is 9.72. The SMILES string of the molecule is O=C(c1cccnc1N1CCCC1)N1CCN(S(=O)(=O)c2ccccc2F)CC1. The van der Waals surface area contributed by atoms with Crippen molar-refractivity contribution in [2.24, 2.45) is 0 Å². The number of benzene rings is 1. The van der Waals surface area contributed by atoms with Crippen LogP contribution in [-0.2, 0) is 10.0 Å². The second kappa shape index (κ2) is 8.08.